The van der Waals surface area contributed by atoms with E-state index in [1.165, 1.54) is 106 Å². The fourth-order valence-electron chi connectivity index (χ4n) is 11.5. The van der Waals surface area contributed by atoms with Crippen molar-refractivity contribution in [3.8, 4) is 0 Å². The molecule has 26 nitrogen and oxygen atoms in total. The molecule has 3 unspecified atom stereocenters. The highest BCUT2D eigenvalue weighted by Crippen LogP contribution is 2.26. The van der Waals surface area contributed by atoms with Gasteiger partial charge in [0.05, 0.1) is 17.6 Å². The van der Waals surface area contributed by atoms with Crippen LogP contribution in [0.3, 0.4) is 0 Å². The number of non-ortho nitro benzene ring substituents is 1. The second-order valence-corrected chi connectivity index (χ2v) is 27.8. The minimum atomic E-state index is -1.74. The number of benzene rings is 1. The number of hydrogen-bond donors (Lipinski definition) is 5. The Balaban J connectivity index is 3.01. The summed E-state index contributed by atoms with van der Waals surface area (Å²) in [7, 11) is 9.72. The molecule has 1 aromatic carbocycles. The highest BCUT2D eigenvalue weighted by atomic mass is 16.6. The maximum atomic E-state index is 15.3. The smallest absolute Gasteiger partial charge is 0.270 e. The Labute approximate surface area is 552 Å². The monoisotopic (exact) mass is 1310 g/mol. The van der Waals surface area contributed by atoms with Gasteiger partial charge in [0.1, 0.15) is 60.4 Å². The van der Waals surface area contributed by atoms with E-state index >= 15 is 19.2 Å². The molecule has 1 aliphatic rings. The molecule has 5 N–H and O–H groups in total. The SMILES string of the molecule is CC[C@@H]1NC(=O)C(C(O)C(C)C/C=C/c2cccc([N+](=O)[O-])c2)N(C)C(=O)[C@H](C(C)C)N(C)C(=O)[C@H](CC(C)C)N(C)C(=O)[C@H](CC(C)C)N(C)C(=O)[C@@H](C)NC(=O)[C@H](C)NC(=O)[C@H](CC(C)C)N(C)C(=O)[C@H](C(C)C)NC(=O)[C@H](CC(C)C)N(C)C(=O)CN(C)C1=O. The first-order valence-corrected chi connectivity index (χ1v) is 32.7. The van der Waals surface area contributed by atoms with E-state index in [1.54, 1.807) is 59.8 Å². The minimum absolute atomic E-state index is 0.0393. The second-order valence-electron chi connectivity index (χ2n) is 27.8. The zero-order valence-electron chi connectivity index (χ0n) is 59.6. The van der Waals surface area contributed by atoms with Crippen molar-refractivity contribution in [3.05, 3.63) is 46.0 Å². The first-order chi connectivity index (χ1) is 43.0. The number of nitrogens with one attached hydrogen (secondary N) is 4. The van der Waals surface area contributed by atoms with Crippen molar-refractivity contribution < 1.29 is 62.8 Å². The van der Waals surface area contributed by atoms with Gasteiger partial charge < -0.3 is 60.7 Å². The molecule has 11 amide bonds. The average Bonchev–Trinajstić information content (AvgIpc) is 0.812. The van der Waals surface area contributed by atoms with Gasteiger partial charge in [0.25, 0.3) is 5.69 Å². The number of aliphatic hydroxyl groups excluding tert-OH is 1. The molecule has 1 heterocycles. The third-order valence-corrected chi connectivity index (χ3v) is 17.2. The third kappa shape index (κ3) is 22.9. The topological polar surface area (TPSA) is 322 Å². The van der Waals surface area contributed by atoms with Crippen LogP contribution in [0.5, 0.6) is 0 Å². The molecule has 1 fully saturated rings. The normalized spacial score (nSPS) is 25.5. The van der Waals surface area contributed by atoms with Crippen molar-refractivity contribution >= 4 is 76.7 Å². The molecular weight excluding hydrogens is 1200 g/mol. The highest BCUT2D eigenvalue weighted by molar-refractivity contribution is 5.99. The van der Waals surface area contributed by atoms with Gasteiger partial charge in [-0.2, -0.15) is 0 Å². The van der Waals surface area contributed by atoms with Gasteiger partial charge in [-0.15, -0.1) is 0 Å². The zero-order chi connectivity index (χ0) is 71.5. The summed E-state index contributed by atoms with van der Waals surface area (Å²) in [5.41, 5.74) is 0.341. The number of nitrogens with zero attached hydrogens (tertiary/aromatic N) is 8. The summed E-state index contributed by atoms with van der Waals surface area (Å²) in [5.74, 6) is -10.6. The van der Waals surface area contributed by atoms with Crippen LogP contribution in [0.2, 0.25) is 0 Å². The number of allylic oxidation sites excluding steroid dienone is 1. The van der Waals surface area contributed by atoms with Gasteiger partial charge in [-0.05, 0) is 99.4 Å². The summed E-state index contributed by atoms with van der Waals surface area (Å²) in [5, 5.41) is 34.9. The Kier molecular flexibility index (Phi) is 32.3. The molecule has 0 bridgehead atoms. The summed E-state index contributed by atoms with van der Waals surface area (Å²) in [6, 6.07) is -6.98. The van der Waals surface area contributed by atoms with Crippen LogP contribution in [0.4, 0.5) is 5.69 Å². The fourth-order valence-corrected chi connectivity index (χ4v) is 11.5. The van der Waals surface area contributed by atoms with Crippen LogP contribution in [0.25, 0.3) is 6.08 Å². The van der Waals surface area contributed by atoms with E-state index in [2.05, 4.69) is 21.3 Å². The van der Waals surface area contributed by atoms with Crippen molar-refractivity contribution in [3.63, 3.8) is 0 Å². The van der Waals surface area contributed by atoms with Gasteiger partial charge in [-0.1, -0.05) is 121 Å². The predicted molar refractivity (Wildman–Crippen MR) is 356 cm³/mol. The van der Waals surface area contributed by atoms with Crippen LogP contribution in [-0.2, 0) is 52.7 Å². The van der Waals surface area contributed by atoms with Crippen LogP contribution in [0.15, 0.2) is 30.3 Å². The lowest BCUT2D eigenvalue weighted by Crippen LogP contribution is -2.63. The Morgan fingerprint density at radius 3 is 1.46 bits per heavy atom. The van der Waals surface area contributed by atoms with E-state index in [9.17, 15) is 48.8 Å². The lowest BCUT2D eigenvalue weighted by Gasteiger charge is -2.41. The van der Waals surface area contributed by atoms with Crippen molar-refractivity contribution in [1.29, 1.82) is 0 Å². The molecule has 0 aliphatic carbocycles. The van der Waals surface area contributed by atoms with Gasteiger partial charge in [0, 0.05) is 61.5 Å². The van der Waals surface area contributed by atoms with Crippen molar-refractivity contribution in [2.75, 3.05) is 55.9 Å². The molecule has 0 spiro atoms. The number of hydrogen-bond acceptors (Lipinski definition) is 14. The Morgan fingerprint density at radius 2 is 0.978 bits per heavy atom. The minimum Gasteiger partial charge on any atom is -0.390 e. The molecule has 1 aliphatic heterocycles. The molecule has 0 saturated carbocycles. The number of rotatable bonds is 17. The number of carbonyl (C=O) groups is 11. The summed E-state index contributed by atoms with van der Waals surface area (Å²) < 4.78 is 0. The first-order valence-electron chi connectivity index (χ1n) is 32.7. The summed E-state index contributed by atoms with van der Waals surface area (Å²) in [4.78, 5) is 181. The third-order valence-electron chi connectivity index (χ3n) is 17.2. The quantitative estimate of drug-likeness (QED) is 0.107. The number of nitro benzene ring substituents is 1. The second kappa shape index (κ2) is 36.8. The van der Waals surface area contributed by atoms with Crippen LogP contribution in [-0.4, -0.2) is 232 Å². The summed E-state index contributed by atoms with van der Waals surface area (Å²) >= 11 is 0. The largest absolute Gasteiger partial charge is 0.390 e. The van der Waals surface area contributed by atoms with E-state index in [1.807, 2.05) is 55.4 Å². The molecular formula is C67H112N12O14. The molecule has 26 heteroatoms. The Morgan fingerprint density at radius 1 is 0.527 bits per heavy atom. The Hall–Kier alpha value is -7.51. The first kappa shape index (κ1) is 81.6. The maximum Gasteiger partial charge on any atom is 0.270 e. The number of nitro groups is 1. The van der Waals surface area contributed by atoms with E-state index in [4.69, 9.17) is 0 Å². The standard InChI is InChI=1S/C67H112N12O14/c1-24-48-63(87)72(17)36-53(80)73(18)49(31-37(2)3)60(84)71-54(41(10)11)66(90)74(19)50(32-38(4)5)59(83)68-44(15)58(82)69-45(16)62(86)75(20)51(33-39(6)7)64(88)76(21)52(34-40(8)9)65(89)77(22)55(42(12)13)67(91)78(23)56(61(85)70-48)57(81)43(14)27-25-28-46-29-26-30-47(35-46)79(92)93/h25-26,28-30,35,37-45,48-52,54-57,81H,24,27,31-34,36H2,1-23H3,(H,68,83)(H,69,82)(H,70,85)(H,71,84)/b28-25+/t43?,44-,45+,48-,49-,50-,51-,52-,54-,55-,56?,57?/m0/s1. The van der Waals surface area contributed by atoms with E-state index < -0.39 is 161 Å². The Bertz CT molecular complexity index is 2810. The number of amides is 11. The van der Waals surface area contributed by atoms with Crippen molar-refractivity contribution in [2.45, 2.75) is 216 Å². The van der Waals surface area contributed by atoms with E-state index in [0.29, 0.717) is 5.56 Å². The van der Waals surface area contributed by atoms with Gasteiger partial charge in [-0.3, -0.25) is 62.9 Å². The van der Waals surface area contributed by atoms with Gasteiger partial charge in [-0.25, -0.2) is 0 Å². The molecule has 0 radical (unpaired) electrons. The average molecular weight is 1310 g/mol. The number of likely N-dealkylation sites (N-methyl/N-ethyl adjacent to an activating group) is 7. The molecule has 1 saturated heterocycles. The van der Waals surface area contributed by atoms with Crippen LogP contribution in [0.1, 0.15) is 155 Å². The zero-order valence-corrected chi connectivity index (χ0v) is 59.6. The maximum absolute atomic E-state index is 15.3. The number of carbonyl (C=O) groups excluding carboxylic acids is 11. The molecule has 524 valence electrons. The number of aliphatic hydroxyl groups is 1. The van der Waals surface area contributed by atoms with Crippen molar-refractivity contribution in [1.82, 2.24) is 55.6 Å². The fraction of sp³-hybridized carbons (Fsp3) is 0.716. The van der Waals surface area contributed by atoms with E-state index in [0.717, 1.165) is 9.80 Å². The van der Waals surface area contributed by atoms with Gasteiger partial charge >= 0.3 is 0 Å². The molecule has 2 rings (SSSR count). The van der Waals surface area contributed by atoms with Crippen LogP contribution >= 0.6 is 0 Å². The lowest BCUT2D eigenvalue weighted by atomic mass is 9.91. The lowest BCUT2D eigenvalue weighted by molar-refractivity contribution is -0.384. The molecule has 12 atom stereocenters. The molecule has 0 aromatic heterocycles. The molecule has 1 aromatic rings. The molecule has 93 heavy (non-hydrogen) atoms. The summed E-state index contributed by atoms with van der Waals surface area (Å²) in [6.45, 7) is 27.1. The van der Waals surface area contributed by atoms with E-state index in [-0.39, 0.29) is 67.9 Å². The van der Waals surface area contributed by atoms with Gasteiger partial charge in [0.2, 0.25) is 65.0 Å². The summed E-state index contributed by atoms with van der Waals surface area (Å²) in [6.07, 6.45) is 2.14. The van der Waals surface area contributed by atoms with Gasteiger partial charge in [0.15, 0.2) is 0 Å². The van der Waals surface area contributed by atoms with Crippen LogP contribution in [0, 0.1) is 51.5 Å². The van der Waals surface area contributed by atoms with Crippen molar-refractivity contribution in [2.24, 2.45) is 41.4 Å². The van der Waals surface area contributed by atoms with Crippen LogP contribution < -0.4 is 21.3 Å². The predicted octanol–water partition coefficient (Wildman–Crippen LogP) is 4.31. The highest BCUT2D eigenvalue weighted by Gasteiger charge is 2.46.